The number of hydrogen-bond donors (Lipinski definition) is 0. The maximum atomic E-state index is 14.1. The number of carbonyl (C=O) groups is 1. The molecule has 1 aromatic carbocycles. The standard InChI is InChI=1S/C35H32N6O5/c1-20-17-38-33(45-20)30-25(8-5-21-10-13-44-14-11-21)39-32-27-3-2-12-40(27)34(42)31(32)29(30)23-6-9-26-28(15-23)46-35(43)41(26)19-24-7-4-22(16-36)18-37-24/h4,6-7,9,15,17-18,21,27H,2-3,5,8,10-14,19H2,1H3/t27-/m0/s1. The Bertz CT molecular complexity index is 2080. The Hall–Kier alpha value is -5.08. The maximum absolute atomic E-state index is 14.1. The largest absolute Gasteiger partial charge is 0.441 e. The second kappa shape index (κ2) is 11.4. The van der Waals surface area contributed by atoms with Gasteiger partial charge in [0, 0.05) is 31.5 Å². The van der Waals surface area contributed by atoms with Gasteiger partial charge in [0.2, 0.25) is 5.89 Å². The van der Waals surface area contributed by atoms with Crippen LogP contribution in [0.2, 0.25) is 0 Å². The van der Waals surface area contributed by atoms with Gasteiger partial charge in [-0.25, -0.2) is 9.78 Å². The summed E-state index contributed by atoms with van der Waals surface area (Å²) in [6.45, 7) is 4.29. The fraction of sp³-hybridized carbons (Fsp3) is 0.371. The smallest absolute Gasteiger partial charge is 0.420 e. The summed E-state index contributed by atoms with van der Waals surface area (Å²) in [5.74, 6) is 1.07. The topological polar surface area (TPSA) is 140 Å². The predicted molar refractivity (Wildman–Crippen MR) is 167 cm³/mol. The minimum atomic E-state index is -0.518. The van der Waals surface area contributed by atoms with Crippen LogP contribution in [0, 0.1) is 24.2 Å². The van der Waals surface area contributed by atoms with Crippen molar-refractivity contribution < 1.29 is 18.4 Å². The number of carbonyl (C=O) groups excluding carboxylic acids is 1. The lowest BCUT2D eigenvalue weighted by Crippen LogP contribution is -2.23. The molecule has 5 aromatic rings. The number of rotatable bonds is 7. The van der Waals surface area contributed by atoms with Crippen LogP contribution in [0.5, 0.6) is 0 Å². The summed E-state index contributed by atoms with van der Waals surface area (Å²) >= 11 is 0. The average molecular weight is 617 g/mol. The Morgan fingerprint density at radius 2 is 1.87 bits per heavy atom. The van der Waals surface area contributed by atoms with Crippen LogP contribution < -0.4 is 5.76 Å². The van der Waals surface area contributed by atoms with E-state index in [0.717, 1.165) is 73.4 Å². The van der Waals surface area contributed by atoms with Gasteiger partial charge in [-0.1, -0.05) is 6.07 Å². The molecular formula is C35H32N6O5. The van der Waals surface area contributed by atoms with E-state index < -0.39 is 5.76 Å². The van der Waals surface area contributed by atoms with E-state index in [9.17, 15) is 9.59 Å². The molecule has 0 unspecified atom stereocenters. The molecular weight excluding hydrogens is 584 g/mol. The molecule has 8 rings (SSSR count). The van der Waals surface area contributed by atoms with Gasteiger partial charge in [0.05, 0.1) is 58.1 Å². The third kappa shape index (κ3) is 4.81. The van der Waals surface area contributed by atoms with E-state index in [1.807, 2.05) is 30.0 Å². The number of pyridine rings is 2. The third-order valence-corrected chi connectivity index (χ3v) is 9.54. The van der Waals surface area contributed by atoms with Crippen molar-refractivity contribution in [2.75, 3.05) is 19.8 Å². The minimum absolute atomic E-state index is 0.0356. The van der Waals surface area contributed by atoms with E-state index in [1.54, 1.807) is 18.3 Å². The van der Waals surface area contributed by atoms with Crippen molar-refractivity contribution in [3.05, 3.63) is 87.2 Å². The van der Waals surface area contributed by atoms with Gasteiger partial charge in [0.1, 0.15) is 11.8 Å². The van der Waals surface area contributed by atoms with Crippen LogP contribution in [-0.4, -0.2) is 50.1 Å². The number of fused-ring (bicyclic) bond motifs is 4. The van der Waals surface area contributed by atoms with Crippen LogP contribution in [0.4, 0.5) is 0 Å². The number of nitrogens with zero attached hydrogens (tertiary/aromatic N) is 6. The van der Waals surface area contributed by atoms with Crippen LogP contribution in [0.25, 0.3) is 33.7 Å². The van der Waals surface area contributed by atoms with E-state index in [0.29, 0.717) is 58.5 Å². The van der Waals surface area contributed by atoms with E-state index in [1.165, 1.54) is 10.8 Å². The SMILES string of the molecule is Cc1cnc(-c2c(CCC3CCOCC3)nc3c(c2-c2ccc4c(c2)oc(=O)n4Cc2ccc(C#N)cn2)C(=O)N2CCC[C@@H]32)o1. The Morgan fingerprint density at radius 3 is 2.63 bits per heavy atom. The Labute approximate surface area is 264 Å². The highest BCUT2D eigenvalue weighted by Gasteiger charge is 2.44. The van der Waals surface area contributed by atoms with Crippen molar-refractivity contribution in [1.82, 2.24) is 24.4 Å². The van der Waals surface area contributed by atoms with Crippen molar-refractivity contribution in [1.29, 1.82) is 5.26 Å². The van der Waals surface area contributed by atoms with Crippen LogP contribution >= 0.6 is 0 Å². The molecule has 0 radical (unpaired) electrons. The normalized spacial score (nSPS) is 17.9. The molecule has 3 aliphatic rings. The van der Waals surface area contributed by atoms with Crippen molar-refractivity contribution in [2.24, 2.45) is 5.92 Å². The van der Waals surface area contributed by atoms with E-state index in [4.69, 9.17) is 23.8 Å². The van der Waals surface area contributed by atoms with Crippen molar-refractivity contribution >= 4 is 17.0 Å². The Kier molecular flexibility index (Phi) is 7.02. The number of nitriles is 1. The molecule has 0 bridgehead atoms. The van der Waals surface area contributed by atoms with Crippen LogP contribution in [0.1, 0.15) is 76.9 Å². The summed E-state index contributed by atoms with van der Waals surface area (Å²) in [6, 6.07) is 11.0. The highest BCUT2D eigenvalue weighted by atomic mass is 16.5. The predicted octanol–water partition coefficient (Wildman–Crippen LogP) is 5.58. The summed E-state index contributed by atoms with van der Waals surface area (Å²) in [5, 5.41) is 9.11. The number of aryl methyl sites for hydroxylation is 2. The van der Waals surface area contributed by atoms with Crippen molar-refractivity contribution in [3.8, 4) is 28.7 Å². The van der Waals surface area contributed by atoms with Crippen molar-refractivity contribution in [2.45, 2.75) is 58.0 Å². The maximum Gasteiger partial charge on any atom is 0.420 e. The number of benzene rings is 1. The number of hydrogen-bond acceptors (Lipinski definition) is 9. The van der Waals surface area contributed by atoms with Gasteiger partial charge in [0.25, 0.3) is 5.91 Å². The van der Waals surface area contributed by atoms with Gasteiger partial charge < -0.3 is 18.5 Å². The second-order valence-electron chi connectivity index (χ2n) is 12.4. The lowest BCUT2D eigenvalue weighted by Gasteiger charge is -2.23. The lowest BCUT2D eigenvalue weighted by atomic mass is 9.88. The number of aromatic nitrogens is 4. The first kappa shape index (κ1) is 28.4. The number of ether oxygens (including phenoxy) is 1. The van der Waals surface area contributed by atoms with E-state index >= 15 is 0 Å². The number of oxazole rings is 2. The molecule has 2 saturated heterocycles. The molecule has 7 heterocycles. The Morgan fingerprint density at radius 1 is 1.00 bits per heavy atom. The molecule has 11 heteroatoms. The zero-order valence-corrected chi connectivity index (χ0v) is 25.5. The van der Waals surface area contributed by atoms with Crippen molar-refractivity contribution in [3.63, 3.8) is 0 Å². The number of amides is 1. The third-order valence-electron chi connectivity index (χ3n) is 9.54. The fourth-order valence-electron chi connectivity index (χ4n) is 7.21. The molecule has 3 aliphatic heterocycles. The van der Waals surface area contributed by atoms with Crippen LogP contribution in [0.3, 0.4) is 0 Å². The molecule has 4 aromatic heterocycles. The molecule has 0 saturated carbocycles. The quantitative estimate of drug-likeness (QED) is 0.229. The van der Waals surface area contributed by atoms with E-state index in [-0.39, 0.29) is 18.5 Å². The zero-order valence-electron chi connectivity index (χ0n) is 25.5. The van der Waals surface area contributed by atoms with E-state index in [2.05, 4.69) is 16.0 Å². The first-order valence-corrected chi connectivity index (χ1v) is 15.9. The Balaban J connectivity index is 1.28. The minimum Gasteiger partial charge on any atom is -0.441 e. The molecule has 0 spiro atoms. The molecule has 46 heavy (non-hydrogen) atoms. The summed E-state index contributed by atoms with van der Waals surface area (Å²) in [7, 11) is 0. The molecule has 1 amide bonds. The molecule has 232 valence electrons. The van der Waals surface area contributed by atoms with Gasteiger partial charge in [-0.05, 0) is 81.2 Å². The van der Waals surface area contributed by atoms with Crippen LogP contribution in [-0.2, 0) is 17.7 Å². The molecule has 11 nitrogen and oxygen atoms in total. The summed E-state index contributed by atoms with van der Waals surface area (Å²) in [5.41, 5.74) is 6.51. The summed E-state index contributed by atoms with van der Waals surface area (Å²) in [4.78, 5) is 43.3. The highest BCUT2D eigenvalue weighted by Crippen LogP contribution is 2.48. The van der Waals surface area contributed by atoms with Gasteiger partial charge in [-0.3, -0.25) is 19.3 Å². The van der Waals surface area contributed by atoms with Gasteiger partial charge in [-0.2, -0.15) is 5.26 Å². The first-order chi connectivity index (χ1) is 22.5. The molecule has 1 atom stereocenters. The molecule has 0 N–H and O–H groups in total. The zero-order chi connectivity index (χ0) is 31.4. The molecule has 2 fully saturated rings. The van der Waals surface area contributed by atoms with Crippen LogP contribution in [0.15, 0.2) is 56.4 Å². The monoisotopic (exact) mass is 616 g/mol. The highest BCUT2D eigenvalue weighted by molar-refractivity contribution is 6.08. The average Bonchev–Trinajstić information content (AvgIpc) is 3.86. The van der Waals surface area contributed by atoms with Gasteiger partial charge >= 0.3 is 5.76 Å². The summed E-state index contributed by atoms with van der Waals surface area (Å²) < 4.78 is 19.0. The lowest BCUT2D eigenvalue weighted by molar-refractivity contribution is 0.0639. The fourth-order valence-corrected chi connectivity index (χ4v) is 7.21. The molecule has 0 aliphatic carbocycles. The van der Waals surface area contributed by atoms with Gasteiger partial charge in [0.15, 0.2) is 5.58 Å². The van der Waals surface area contributed by atoms with Gasteiger partial charge in [-0.15, -0.1) is 0 Å². The second-order valence-corrected chi connectivity index (χ2v) is 12.4. The first-order valence-electron chi connectivity index (χ1n) is 15.9. The summed E-state index contributed by atoms with van der Waals surface area (Å²) in [6.07, 6.45) is 8.70.